The van der Waals surface area contributed by atoms with Gasteiger partial charge < -0.3 is 25.8 Å². The van der Waals surface area contributed by atoms with Gasteiger partial charge in [-0.05, 0) is 50.1 Å². The van der Waals surface area contributed by atoms with Crippen LogP contribution in [0.1, 0.15) is 19.4 Å². The molecule has 0 fully saturated rings. The summed E-state index contributed by atoms with van der Waals surface area (Å²) in [6.45, 7) is 5.48. The lowest BCUT2D eigenvalue weighted by molar-refractivity contribution is -0.119. The Balaban J connectivity index is 0.00000480. The summed E-state index contributed by atoms with van der Waals surface area (Å²) in [6, 6.07) is 13.8. The lowest BCUT2D eigenvalue weighted by Crippen LogP contribution is -2.39. The van der Waals surface area contributed by atoms with Gasteiger partial charge in [0.05, 0.1) is 6.54 Å². The monoisotopic (exact) mass is 544 g/mol. The molecule has 170 valence electrons. The Kier molecular flexibility index (Phi) is 12.3. The summed E-state index contributed by atoms with van der Waals surface area (Å²) in [5, 5.41) is 6.45. The fraction of sp³-hybridized carbons (Fsp3) is 0.364. The van der Waals surface area contributed by atoms with Crippen LogP contribution in [-0.4, -0.2) is 44.2 Å². The number of halogens is 2. The van der Waals surface area contributed by atoms with Crippen LogP contribution in [0.15, 0.2) is 53.5 Å². The maximum Gasteiger partial charge on any atom is 0.255 e. The number of para-hydroxylation sites is 1. The summed E-state index contributed by atoms with van der Waals surface area (Å²) < 4.78 is 24.5. The SMILES string of the molecule is CCNC(=NCC(C)Oc1ccccc1F)NCCc1ccc(OCC(N)=O)cc1.I. The molecule has 1 unspecified atom stereocenters. The zero-order chi connectivity index (χ0) is 21.8. The van der Waals surface area contributed by atoms with Gasteiger partial charge in [0, 0.05) is 13.1 Å². The maximum atomic E-state index is 13.7. The number of amides is 1. The van der Waals surface area contributed by atoms with E-state index in [2.05, 4.69) is 15.6 Å². The van der Waals surface area contributed by atoms with Gasteiger partial charge in [0.25, 0.3) is 5.91 Å². The number of guanidine groups is 1. The van der Waals surface area contributed by atoms with E-state index in [4.69, 9.17) is 15.2 Å². The second-order valence-electron chi connectivity index (χ2n) is 6.65. The van der Waals surface area contributed by atoms with Crippen LogP contribution in [0.2, 0.25) is 0 Å². The van der Waals surface area contributed by atoms with Crippen molar-refractivity contribution in [1.82, 2.24) is 10.6 Å². The normalized spacial score (nSPS) is 11.8. The number of aliphatic imine (C=N–C) groups is 1. The number of hydrogen-bond donors (Lipinski definition) is 3. The Bertz CT molecular complexity index is 834. The standard InChI is InChI=1S/C22H29FN4O3.HI/c1-3-25-22(27-14-16(2)30-20-7-5-4-6-19(20)23)26-13-12-17-8-10-18(11-9-17)29-15-21(24)28;/h4-11,16H,3,12-15H2,1-2H3,(H2,24,28)(H2,25,26,27);1H. The van der Waals surface area contributed by atoms with Crippen LogP contribution in [0.3, 0.4) is 0 Å². The Hall–Kier alpha value is -2.56. The molecular weight excluding hydrogens is 514 g/mol. The van der Waals surface area contributed by atoms with Crippen LogP contribution in [0.4, 0.5) is 4.39 Å². The van der Waals surface area contributed by atoms with Gasteiger partial charge >= 0.3 is 0 Å². The lowest BCUT2D eigenvalue weighted by atomic mass is 10.1. The molecule has 0 saturated heterocycles. The Morgan fingerprint density at radius 2 is 1.87 bits per heavy atom. The van der Waals surface area contributed by atoms with Gasteiger partial charge in [0.15, 0.2) is 24.1 Å². The van der Waals surface area contributed by atoms with Crippen LogP contribution >= 0.6 is 24.0 Å². The molecule has 2 aromatic rings. The first-order valence-electron chi connectivity index (χ1n) is 9.91. The molecule has 4 N–H and O–H groups in total. The van der Waals surface area contributed by atoms with E-state index in [1.807, 2.05) is 26.0 Å². The third-order valence-electron chi connectivity index (χ3n) is 4.03. The number of ether oxygens (including phenoxy) is 2. The molecule has 7 nitrogen and oxygen atoms in total. The number of rotatable bonds is 11. The predicted octanol–water partition coefficient (Wildman–Crippen LogP) is 2.87. The highest BCUT2D eigenvalue weighted by Crippen LogP contribution is 2.17. The maximum absolute atomic E-state index is 13.7. The molecule has 0 aliphatic carbocycles. The molecule has 1 atom stereocenters. The van der Waals surface area contributed by atoms with E-state index in [9.17, 15) is 9.18 Å². The second kappa shape index (κ2) is 14.4. The van der Waals surface area contributed by atoms with Gasteiger partial charge in [-0.2, -0.15) is 0 Å². The lowest BCUT2D eigenvalue weighted by Gasteiger charge is -2.15. The quantitative estimate of drug-likeness (QED) is 0.230. The van der Waals surface area contributed by atoms with Crippen LogP contribution < -0.4 is 25.8 Å². The predicted molar refractivity (Wildman–Crippen MR) is 131 cm³/mol. The molecule has 0 saturated carbocycles. The van der Waals surface area contributed by atoms with Crippen molar-refractivity contribution in [2.45, 2.75) is 26.4 Å². The van der Waals surface area contributed by atoms with Gasteiger partial charge in [-0.25, -0.2) is 9.38 Å². The number of nitrogens with zero attached hydrogens (tertiary/aromatic N) is 1. The summed E-state index contributed by atoms with van der Waals surface area (Å²) in [5.41, 5.74) is 6.18. The highest BCUT2D eigenvalue weighted by atomic mass is 127. The number of nitrogens with two attached hydrogens (primary N) is 1. The topological polar surface area (TPSA) is 98.0 Å². The molecule has 31 heavy (non-hydrogen) atoms. The van der Waals surface area contributed by atoms with E-state index in [1.165, 1.54) is 6.07 Å². The largest absolute Gasteiger partial charge is 0.486 e. The van der Waals surface area contributed by atoms with Crippen molar-refractivity contribution < 1.29 is 18.7 Å². The minimum absolute atomic E-state index is 0. The molecule has 0 aliphatic heterocycles. The fourth-order valence-electron chi connectivity index (χ4n) is 2.59. The van der Waals surface area contributed by atoms with Crippen molar-refractivity contribution in [1.29, 1.82) is 0 Å². The summed E-state index contributed by atoms with van der Waals surface area (Å²) in [5.74, 6) is 0.602. The number of carbonyl (C=O) groups excluding carboxylic acids is 1. The summed E-state index contributed by atoms with van der Waals surface area (Å²) >= 11 is 0. The van der Waals surface area contributed by atoms with Crippen molar-refractivity contribution in [2.24, 2.45) is 10.7 Å². The van der Waals surface area contributed by atoms with Gasteiger partial charge in [-0.1, -0.05) is 24.3 Å². The number of hydrogen-bond acceptors (Lipinski definition) is 4. The van der Waals surface area contributed by atoms with Gasteiger partial charge in [-0.3, -0.25) is 4.79 Å². The second-order valence-corrected chi connectivity index (χ2v) is 6.65. The third-order valence-corrected chi connectivity index (χ3v) is 4.03. The summed E-state index contributed by atoms with van der Waals surface area (Å²) in [7, 11) is 0. The number of benzene rings is 2. The van der Waals surface area contributed by atoms with E-state index in [-0.39, 0.29) is 48.3 Å². The molecule has 0 spiro atoms. The zero-order valence-electron chi connectivity index (χ0n) is 17.8. The molecule has 0 heterocycles. The fourth-order valence-corrected chi connectivity index (χ4v) is 2.59. The molecule has 0 bridgehead atoms. The molecule has 0 aliphatic rings. The number of primary amides is 1. The van der Waals surface area contributed by atoms with Gasteiger partial charge in [0.1, 0.15) is 11.9 Å². The summed E-state index contributed by atoms with van der Waals surface area (Å²) in [4.78, 5) is 15.3. The van der Waals surface area contributed by atoms with E-state index in [0.717, 1.165) is 18.5 Å². The Morgan fingerprint density at radius 3 is 2.52 bits per heavy atom. The average Bonchev–Trinajstić information content (AvgIpc) is 2.73. The van der Waals surface area contributed by atoms with Crippen LogP contribution in [0, 0.1) is 5.82 Å². The highest BCUT2D eigenvalue weighted by molar-refractivity contribution is 14.0. The van der Waals surface area contributed by atoms with E-state index >= 15 is 0 Å². The number of carbonyl (C=O) groups is 1. The molecule has 1 amide bonds. The third kappa shape index (κ3) is 10.3. The van der Waals surface area contributed by atoms with Crippen molar-refractivity contribution in [3.63, 3.8) is 0 Å². The van der Waals surface area contributed by atoms with Crippen molar-refractivity contribution >= 4 is 35.8 Å². The van der Waals surface area contributed by atoms with Crippen LogP contribution in [0.25, 0.3) is 0 Å². The smallest absolute Gasteiger partial charge is 0.255 e. The van der Waals surface area contributed by atoms with E-state index in [0.29, 0.717) is 24.8 Å². The zero-order valence-corrected chi connectivity index (χ0v) is 20.1. The van der Waals surface area contributed by atoms with Crippen molar-refractivity contribution in [2.75, 3.05) is 26.2 Å². The van der Waals surface area contributed by atoms with Gasteiger partial charge in [-0.15, -0.1) is 24.0 Å². The van der Waals surface area contributed by atoms with Crippen LogP contribution in [0.5, 0.6) is 11.5 Å². The molecule has 2 aromatic carbocycles. The van der Waals surface area contributed by atoms with E-state index in [1.54, 1.807) is 30.3 Å². The number of nitrogens with one attached hydrogen (secondary N) is 2. The molecule has 0 radical (unpaired) electrons. The summed E-state index contributed by atoms with van der Waals surface area (Å²) in [6.07, 6.45) is 0.507. The molecule has 9 heteroatoms. The van der Waals surface area contributed by atoms with Crippen molar-refractivity contribution in [3.8, 4) is 11.5 Å². The average molecular weight is 544 g/mol. The minimum Gasteiger partial charge on any atom is -0.486 e. The molecule has 2 rings (SSSR count). The first-order valence-corrected chi connectivity index (χ1v) is 9.91. The minimum atomic E-state index is -0.507. The molecular formula is C22H30FIN4O3. The van der Waals surface area contributed by atoms with Crippen molar-refractivity contribution in [3.05, 3.63) is 59.9 Å². The highest BCUT2D eigenvalue weighted by Gasteiger charge is 2.08. The van der Waals surface area contributed by atoms with E-state index < -0.39 is 5.91 Å². The van der Waals surface area contributed by atoms with Gasteiger partial charge in [0.2, 0.25) is 0 Å². The molecule has 0 aromatic heterocycles. The Morgan fingerprint density at radius 1 is 1.16 bits per heavy atom. The van der Waals surface area contributed by atoms with Crippen LogP contribution in [-0.2, 0) is 11.2 Å². The first-order chi connectivity index (χ1) is 14.5. The Labute approximate surface area is 199 Å². The first kappa shape index (κ1) is 26.5.